The first kappa shape index (κ1) is 23.1. The van der Waals surface area contributed by atoms with E-state index >= 15 is 0 Å². The Labute approximate surface area is 204 Å². The lowest BCUT2D eigenvalue weighted by Crippen LogP contribution is -2.27. The van der Waals surface area contributed by atoms with Gasteiger partial charge in [-0.3, -0.25) is 0 Å². The molecule has 5 rings (SSSR count). The van der Waals surface area contributed by atoms with Gasteiger partial charge in [-0.25, -0.2) is 18.4 Å². The van der Waals surface area contributed by atoms with E-state index < -0.39 is 9.84 Å². The number of hydrogen-bond donors (Lipinski definition) is 1. The summed E-state index contributed by atoms with van der Waals surface area (Å²) in [5.74, 6) is 0.671. The van der Waals surface area contributed by atoms with Crippen molar-refractivity contribution in [3.63, 3.8) is 0 Å². The van der Waals surface area contributed by atoms with Crippen LogP contribution >= 0.6 is 0 Å². The summed E-state index contributed by atoms with van der Waals surface area (Å²) in [7, 11) is 0.585. The summed E-state index contributed by atoms with van der Waals surface area (Å²) in [4.78, 5) is 11.2. The number of benzene rings is 2. The van der Waals surface area contributed by atoms with Gasteiger partial charge in [-0.1, -0.05) is 30.3 Å². The SMILES string of the molecule is CN(C)[C@@H]1CCC(S(=O)(=O)c2ccc(-c3cnc(N)c(-c4nnc(-c5ccccc5)o4)n3)cc2)C1. The molecule has 2 aromatic heterocycles. The van der Waals surface area contributed by atoms with Gasteiger partial charge in [0.25, 0.3) is 5.89 Å². The minimum Gasteiger partial charge on any atom is -0.414 e. The maximum absolute atomic E-state index is 13.2. The van der Waals surface area contributed by atoms with Gasteiger partial charge < -0.3 is 15.1 Å². The van der Waals surface area contributed by atoms with Gasteiger partial charge in [0.05, 0.1) is 22.0 Å². The number of sulfone groups is 1. The summed E-state index contributed by atoms with van der Waals surface area (Å²) in [6.07, 6.45) is 3.75. The lowest BCUT2D eigenvalue weighted by molar-refractivity contribution is 0.299. The number of anilines is 1. The number of nitrogen functional groups attached to an aromatic ring is 1. The van der Waals surface area contributed by atoms with E-state index in [0.717, 1.165) is 12.0 Å². The minimum atomic E-state index is -3.40. The Kier molecular flexibility index (Phi) is 6.08. The van der Waals surface area contributed by atoms with E-state index in [1.807, 2.05) is 44.4 Å². The Morgan fingerprint density at radius 3 is 2.34 bits per heavy atom. The number of aromatic nitrogens is 4. The van der Waals surface area contributed by atoms with E-state index in [4.69, 9.17) is 10.2 Å². The standard InChI is InChI=1S/C25H26N6O3S/c1-31(2)18-10-13-20(14-18)35(32,33)19-11-8-16(9-12-19)21-15-27-23(26)22(28-21)25-30-29-24(34-25)17-6-4-3-5-7-17/h3-9,11-12,15,18,20H,10,13-14H2,1-2H3,(H2,26,27)/t18-,20?/m1/s1. The summed E-state index contributed by atoms with van der Waals surface area (Å²) >= 11 is 0. The molecular weight excluding hydrogens is 464 g/mol. The fourth-order valence-corrected chi connectivity index (χ4v) is 6.21. The lowest BCUT2D eigenvalue weighted by Gasteiger charge is -2.19. The Morgan fingerprint density at radius 1 is 0.943 bits per heavy atom. The van der Waals surface area contributed by atoms with Gasteiger partial charge in [0.2, 0.25) is 5.89 Å². The Balaban J connectivity index is 1.40. The van der Waals surface area contributed by atoms with E-state index in [0.29, 0.717) is 40.9 Å². The van der Waals surface area contributed by atoms with Crippen molar-refractivity contribution >= 4 is 15.7 Å². The summed E-state index contributed by atoms with van der Waals surface area (Å²) in [6.45, 7) is 0. The fraction of sp³-hybridized carbons (Fsp3) is 0.280. The number of rotatable bonds is 6. The quantitative estimate of drug-likeness (QED) is 0.430. The number of hydrogen-bond acceptors (Lipinski definition) is 9. The molecule has 1 fully saturated rings. The highest BCUT2D eigenvalue weighted by molar-refractivity contribution is 7.92. The number of nitrogens with zero attached hydrogens (tertiary/aromatic N) is 5. The van der Waals surface area contributed by atoms with Crippen LogP contribution < -0.4 is 5.73 Å². The lowest BCUT2D eigenvalue weighted by atomic mass is 10.1. The molecule has 0 radical (unpaired) electrons. The van der Waals surface area contributed by atoms with E-state index in [1.54, 1.807) is 24.3 Å². The number of nitrogens with two attached hydrogens (primary N) is 1. The molecule has 1 aliphatic rings. The van der Waals surface area contributed by atoms with Crippen molar-refractivity contribution in [1.82, 2.24) is 25.1 Å². The zero-order chi connectivity index (χ0) is 24.6. The zero-order valence-corrected chi connectivity index (χ0v) is 20.3. The monoisotopic (exact) mass is 490 g/mol. The molecule has 0 amide bonds. The second-order valence-corrected chi connectivity index (χ2v) is 11.1. The second-order valence-electron chi connectivity index (χ2n) is 8.89. The average molecular weight is 491 g/mol. The maximum Gasteiger partial charge on any atom is 0.270 e. The maximum atomic E-state index is 13.2. The second kappa shape index (κ2) is 9.20. The van der Waals surface area contributed by atoms with Crippen LogP contribution in [0.5, 0.6) is 0 Å². The van der Waals surface area contributed by atoms with Gasteiger partial charge in [0, 0.05) is 17.2 Å². The van der Waals surface area contributed by atoms with Gasteiger partial charge in [0.15, 0.2) is 21.3 Å². The third-order valence-corrected chi connectivity index (χ3v) is 8.69. The van der Waals surface area contributed by atoms with Crippen LogP contribution in [0.3, 0.4) is 0 Å². The van der Waals surface area contributed by atoms with Gasteiger partial charge in [-0.05, 0) is 57.6 Å². The molecule has 1 unspecified atom stereocenters. The van der Waals surface area contributed by atoms with Gasteiger partial charge in [-0.15, -0.1) is 10.2 Å². The highest BCUT2D eigenvalue weighted by atomic mass is 32.2. The van der Waals surface area contributed by atoms with Crippen LogP contribution in [0.25, 0.3) is 34.3 Å². The Hall–Kier alpha value is -3.63. The molecule has 1 saturated carbocycles. The molecule has 35 heavy (non-hydrogen) atoms. The van der Waals surface area contributed by atoms with Crippen molar-refractivity contribution in [3.8, 4) is 34.3 Å². The van der Waals surface area contributed by atoms with Gasteiger partial charge in [-0.2, -0.15) is 0 Å². The Bertz CT molecular complexity index is 1440. The van der Waals surface area contributed by atoms with Crippen LogP contribution in [0.1, 0.15) is 19.3 Å². The van der Waals surface area contributed by atoms with E-state index in [2.05, 4.69) is 25.1 Å². The highest BCUT2D eigenvalue weighted by Gasteiger charge is 2.36. The van der Waals surface area contributed by atoms with Crippen molar-refractivity contribution in [2.45, 2.75) is 35.4 Å². The van der Waals surface area contributed by atoms with E-state index in [1.165, 1.54) is 6.20 Å². The van der Waals surface area contributed by atoms with Crippen LogP contribution in [-0.2, 0) is 9.84 Å². The largest absolute Gasteiger partial charge is 0.414 e. The molecule has 0 aliphatic heterocycles. The zero-order valence-electron chi connectivity index (χ0n) is 19.5. The normalized spacial score (nSPS) is 18.3. The molecule has 1 aliphatic carbocycles. The van der Waals surface area contributed by atoms with Crippen LogP contribution in [0.15, 0.2) is 70.1 Å². The van der Waals surface area contributed by atoms with Gasteiger partial charge in [0.1, 0.15) is 0 Å². The highest BCUT2D eigenvalue weighted by Crippen LogP contribution is 2.33. The predicted molar refractivity (Wildman–Crippen MR) is 133 cm³/mol. The predicted octanol–water partition coefficient (Wildman–Crippen LogP) is 3.70. The molecule has 10 heteroatoms. The smallest absolute Gasteiger partial charge is 0.270 e. The third kappa shape index (κ3) is 4.54. The molecule has 2 atom stereocenters. The minimum absolute atomic E-state index is 0.159. The van der Waals surface area contributed by atoms with Gasteiger partial charge >= 0.3 is 0 Å². The molecule has 2 aromatic carbocycles. The summed E-state index contributed by atoms with van der Waals surface area (Å²) in [6, 6.07) is 16.4. The molecule has 4 aromatic rings. The first-order valence-corrected chi connectivity index (χ1v) is 12.9. The van der Waals surface area contributed by atoms with E-state index in [9.17, 15) is 8.42 Å². The molecule has 2 heterocycles. The summed E-state index contributed by atoms with van der Waals surface area (Å²) in [5, 5.41) is 7.81. The first-order valence-electron chi connectivity index (χ1n) is 11.4. The van der Waals surface area contributed by atoms with Crippen LogP contribution in [0.2, 0.25) is 0 Å². The summed E-state index contributed by atoms with van der Waals surface area (Å²) in [5.41, 5.74) is 8.33. The first-order chi connectivity index (χ1) is 16.8. The molecule has 180 valence electrons. The molecule has 2 N–H and O–H groups in total. The molecule has 0 saturated heterocycles. The van der Waals surface area contributed by atoms with Crippen LogP contribution in [0.4, 0.5) is 5.82 Å². The molecular formula is C25H26N6O3S. The van der Waals surface area contributed by atoms with Crippen LogP contribution in [0, 0.1) is 0 Å². The average Bonchev–Trinajstić information content (AvgIpc) is 3.56. The third-order valence-electron chi connectivity index (χ3n) is 6.45. The van der Waals surface area contributed by atoms with Crippen molar-refractivity contribution in [2.75, 3.05) is 19.8 Å². The topological polar surface area (TPSA) is 128 Å². The molecule has 0 spiro atoms. The molecule has 9 nitrogen and oxygen atoms in total. The fourth-order valence-electron chi connectivity index (χ4n) is 4.39. The van der Waals surface area contributed by atoms with Crippen LogP contribution in [-0.4, -0.2) is 58.9 Å². The van der Waals surface area contributed by atoms with Crippen molar-refractivity contribution < 1.29 is 12.8 Å². The summed E-state index contributed by atoms with van der Waals surface area (Å²) < 4.78 is 32.1. The Morgan fingerprint density at radius 2 is 1.66 bits per heavy atom. The van der Waals surface area contributed by atoms with Crippen molar-refractivity contribution in [3.05, 3.63) is 60.8 Å². The van der Waals surface area contributed by atoms with Crippen molar-refractivity contribution in [2.24, 2.45) is 0 Å². The van der Waals surface area contributed by atoms with E-state index in [-0.39, 0.29) is 22.7 Å². The van der Waals surface area contributed by atoms with Crippen molar-refractivity contribution in [1.29, 1.82) is 0 Å². The molecule has 0 bridgehead atoms.